The molecule has 0 radical (unpaired) electrons. The van der Waals surface area contributed by atoms with Crippen molar-refractivity contribution in [1.82, 2.24) is 5.32 Å². The fourth-order valence-corrected chi connectivity index (χ4v) is 2.20. The third kappa shape index (κ3) is 4.11. The molecule has 3 nitrogen and oxygen atoms in total. The van der Waals surface area contributed by atoms with Gasteiger partial charge in [0.2, 0.25) is 0 Å². The first-order valence-corrected chi connectivity index (χ1v) is 6.88. The van der Waals surface area contributed by atoms with Crippen LogP contribution in [0.15, 0.2) is 59.5 Å². The molecule has 0 fully saturated rings. The van der Waals surface area contributed by atoms with Gasteiger partial charge in [0.05, 0.1) is 12.6 Å². The fourth-order valence-electron chi connectivity index (χ4n) is 1.98. The summed E-state index contributed by atoms with van der Waals surface area (Å²) in [6.07, 6.45) is 0.601. The molecule has 2 N–H and O–H groups in total. The lowest BCUT2D eigenvalue weighted by atomic mass is 10.1. The standard InChI is InChI=1S/C16H17NO2S/c18-11-14(9-12-5-2-1-3-6-12)17-16(19)13-7-4-8-15(20)10-13/h1-8,10,14,18,20H,9,11H2,(H,17,19). The van der Waals surface area contributed by atoms with E-state index in [4.69, 9.17) is 0 Å². The number of amides is 1. The van der Waals surface area contributed by atoms with Crippen LogP contribution in [0.25, 0.3) is 0 Å². The molecule has 1 unspecified atom stereocenters. The van der Waals surface area contributed by atoms with Crippen LogP contribution in [0.2, 0.25) is 0 Å². The number of carbonyl (C=O) groups is 1. The highest BCUT2D eigenvalue weighted by Crippen LogP contribution is 2.09. The van der Waals surface area contributed by atoms with Gasteiger partial charge >= 0.3 is 0 Å². The van der Waals surface area contributed by atoms with Crippen molar-refractivity contribution in [1.29, 1.82) is 0 Å². The van der Waals surface area contributed by atoms with Gasteiger partial charge < -0.3 is 10.4 Å². The van der Waals surface area contributed by atoms with E-state index in [-0.39, 0.29) is 18.6 Å². The average molecular weight is 287 g/mol. The molecule has 2 rings (SSSR count). The SMILES string of the molecule is O=C(NC(CO)Cc1ccccc1)c1cccc(S)c1. The van der Waals surface area contributed by atoms with E-state index in [2.05, 4.69) is 17.9 Å². The second kappa shape index (κ2) is 7.12. The fraction of sp³-hybridized carbons (Fsp3) is 0.188. The van der Waals surface area contributed by atoms with Gasteiger partial charge in [0.25, 0.3) is 5.91 Å². The Morgan fingerprint density at radius 1 is 1.15 bits per heavy atom. The minimum absolute atomic E-state index is 0.0960. The van der Waals surface area contributed by atoms with Gasteiger partial charge in [-0.3, -0.25) is 4.79 Å². The summed E-state index contributed by atoms with van der Waals surface area (Å²) in [5.41, 5.74) is 1.62. The summed E-state index contributed by atoms with van der Waals surface area (Å²) in [6, 6.07) is 16.5. The summed E-state index contributed by atoms with van der Waals surface area (Å²) >= 11 is 4.21. The maximum Gasteiger partial charge on any atom is 0.251 e. The quantitative estimate of drug-likeness (QED) is 0.739. The number of hydrogen-bond donors (Lipinski definition) is 3. The molecule has 0 saturated carbocycles. The maximum atomic E-state index is 12.1. The van der Waals surface area contributed by atoms with Crippen LogP contribution in [0, 0.1) is 0 Å². The topological polar surface area (TPSA) is 49.3 Å². The molecule has 4 heteroatoms. The first-order chi connectivity index (χ1) is 9.69. The van der Waals surface area contributed by atoms with E-state index in [0.717, 1.165) is 10.5 Å². The van der Waals surface area contributed by atoms with Crippen LogP contribution < -0.4 is 5.32 Å². The molecule has 0 saturated heterocycles. The lowest BCUT2D eigenvalue weighted by molar-refractivity contribution is 0.0916. The van der Waals surface area contributed by atoms with E-state index in [1.807, 2.05) is 36.4 Å². The van der Waals surface area contributed by atoms with Gasteiger partial charge in [-0.05, 0) is 30.2 Å². The first-order valence-electron chi connectivity index (χ1n) is 6.43. The highest BCUT2D eigenvalue weighted by molar-refractivity contribution is 7.80. The molecule has 2 aromatic rings. The minimum Gasteiger partial charge on any atom is -0.394 e. The summed E-state index contributed by atoms with van der Waals surface area (Å²) in [6.45, 7) is -0.0960. The molecule has 0 aliphatic rings. The van der Waals surface area contributed by atoms with Crippen molar-refractivity contribution in [3.05, 3.63) is 65.7 Å². The Bertz CT molecular complexity index is 572. The summed E-state index contributed by atoms with van der Waals surface area (Å²) < 4.78 is 0. The smallest absolute Gasteiger partial charge is 0.251 e. The third-order valence-corrected chi connectivity index (χ3v) is 3.27. The van der Waals surface area contributed by atoms with Crippen LogP contribution in [-0.4, -0.2) is 23.7 Å². The maximum absolute atomic E-state index is 12.1. The Labute approximate surface area is 124 Å². The zero-order chi connectivity index (χ0) is 14.4. The molecule has 0 aliphatic heterocycles. The summed E-state index contributed by atoms with van der Waals surface area (Å²) in [7, 11) is 0. The van der Waals surface area contributed by atoms with E-state index in [1.54, 1.807) is 18.2 Å². The highest BCUT2D eigenvalue weighted by atomic mass is 32.1. The number of hydrogen-bond acceptors (Lipinski definition) is 3. The van der Waals surface area contributed by atoms with Crippen LogP contribution in [0.5, 0.6) is 0 Å². The van der Waals surface area contributed by atoms with Gasteiger partial charge in [0, 0.05) is 10.5 Å². The number of aliphatic hydroxyl groups excluding tert-OH is 1. The molecule has 2 aromatic carbocycles. The number of rotatable bonds is 5. The van der Waals surface area contributed by atoms with Gasteiger partial charge in [0.1, 0.15) is 0 Å². The van der Waals surface area contributed by atoms with Crippen LogP contribution in [0.4, 0.5) is 0 Å². The monoisotopic (exact) mass is 287 g/mol. The Morgan fingerprint density at radius 3 is 2.55 bits per heavy atom. The zero-order valence-electron chi connectivity index (χ0n) is 11.0. The summed E-state index contributed by atoms with van der Waals surface area (Å²) in [4.78, 5) is 12.8. The van der Waals surface area contributed by atoms with Gasteiger partial charge in [-0.25, -0.2) is 0 Å². The third-order valence-electron chi connectivity index (χ3n) is 2.99. The Morgan fingerprint density at radius 2 is 1.90 bits per heavy atom. The Balaban J connectivity index is 2.01. The Hall–Kier alpha value is -1.78. The molecule has 0 aliphatic carbocycles. The molecule has 104 valence electrons. The van der Waals surface area contributed by atoms with Crippen molar-refractivity contribution < 1.29 is 9.90 Å². The number of carbonyl (C=O) groups excluding carboxylic acids is 1. The number of aliphatic hydroxyl groups is 1. The second-order valence-electron chi connectivity index (χ2n) is 4.59. The van der Waals surface area contributed by atoms with Crippen molar-refractivity contribution in [3.63, 3.8) is 0 Å². The van der Waals surface area contributed by atoms with E-state index in [9.17, 15) is 9.90 Å². The van der Waals surface area contributed by atoms with E-state index >= 15 is 0 Å². The largest absolute Gasteiger partial charge is 0.394 e. The normalized spacial score (nSPS) is 11.9. The van der Waals surface area contributed by atoms with E-state index < -0.39 is 0 Å². The van der Waals surface area contributed by atoms with Gasteiger partial charge in [-0.1, -0.05) is 36.4 Å². The number of thiol groups is 1. The molecule has 0 heterocycles. The molecular weight excluding hydrogens is 270 g/mol. The highest BCUT2D eigenvalue weighted by Gasteiger charge is 2.13. The average Bonchev–Trinajstić information content (AvgIpc) is 2.47. The van der Waals surface area contributed by atoms with Crippen LogP contribution in [0.1, 0.15) is 15.9 Å². The van der Waals surface area contributed by atoms with Crippen molar-refractivity contribution >= 4 is 18.5 Å². The molecule has 0 spiro atoms. The lowest BCUT2D eigenvalue weighted by Crippen LogP contribution is -2.39. The van der Waals surface area contributed by atoms with Crippen molar-refractivity contribution in [2.75, 3.05) is 6.61 Å². The zero-order valence-corrected chi connectivity index (χ0v) is 11.9. The number of benzene rings is 2. The molecule has 1 atom stereocenters. The second-order valence-corrected chi connectivity index (χ2v) is 5.11. The van der Waals surface area contributed by atoms with Crippen molar-refractivity contribution in [2.24, 2.45) is 0 Å². The summed E-state index contributed by atoms with van der Waals surface area (Å²) in [5, 5.41) is 12.2. The van der Waals surface area contributed by atoms with Gasteiger partial charge in [-0.15, -0.1) is 12.6 Å². The van der Waals surface area contributed by atoms with Crippen molar-refractivity contribution in [2.45, 2.75) is 17.4 Å². The number of nitrogens with one attached hydrogen (secondary N) is 1. The van der Waals surface area contributed by atoms with E-state index in [0.29, 0.717) is 12.0 Å². The molecular formula is C16H17NO2S. The van der Waals surface area contributed by atoms with E-state index in [1.165, 1.54) is 0 Å². The first kappa shape index (κ1) is 14.6. The van der Waals surface area contributed by atoms with Gasteiger partial charge in [-0.2, -0.15) is 0 Å². The molecule has 1 amide bonds. The summed E-state index contributed by atoms with van der Waals surface area (Å²) in [5.74, 6) is -0.198. The van der Waals surface area contributed by atoms with Crippen LogP contribution >= 0.6 is 12.6 Å². The molecule has 0 bridgehead atoms. The predicted octanol–water partition coefficient (Wildman–Crippen LogP) is 2.31. The van der Waals surface area contributed by atoms with Crippen LogP contribution in [0.3, 0.4) is 0 Å². The van der Waals surface area contributed by atoms with Crippen molar-refractivity contribution in [3.8, 4) is 0 Å². The Kier molecular flexibility index (Phi) is 5.21. The molecule has 0 aromatic heterocycles. The van der Waals surface area contributed by atoms with Gasteiger partial charge in [0.15, 0.2) is 0 Å². The predicted molar refractivity (Wildman–Crippen MR) is 82.2 cm³/mol. The molecule has 20 heavy (non-hydrogen) atoms. The lowest BCUT2D eigenvalue weighted by Gasteiger charge is -2.16. The van der Waals surface area contributed by atoms with Crippen LogP contribution in [-0.2, 0) is 6.42 Å². The minimum atomic E-state index is -0.298.